The molecule has 2 heterocycles. The third kappa shape index (κ3) is 6.46. The first-order valence-corrected chi connectivity index (χ1v) is 12.1. The van der Waals surface area contributed by atoms with Crippen molar-refractivity contribution >= 4 is 15.9 Å². The minimum atomic E-state index is -3.79. The fraction of sp³-hybridized carbons (Fsp3) is 0.0800. The standard InChI is InChI=1S/C25H21FN4O4S/c26-19-6-10-21(11-7-19)34-20-8-4-18(5-9-20)23-13-12-22(17-29-23)35(32,33)30-16-15-28-25(31)24-3-1-2-14-27-24/h1-14,17,30H,15-16H2,(H,28,31). The van der Waals surface area contributed by atoms with E-state index in [1.807, 2.05) is 0 Å². The number of hydrogen-bond acceptors (Lipinski definition) is 6. The number of aromatic nitrogens is 2. The molecular weight excluding hydrogens is 471 g/mol. The number of amides is 1. The fourth-order valence-electron chi connectivity index (χ4n) is 3.07. The molecule has 0 unspecified atom stereocenters. The zero-order chi connectivity index (χ0) is 24.7. The van der Waals surface area contributed by atoms with Gasteiger partial charge in [-0.25, -0.2) is 17.5 Å². The van der Waals surface area contributed by atoms with Crippen LogP contribution in [0.1, 0.15) is 10.5 Å². The van der Waals surface area contributed by atoms with E-state index in [2.05, 4.69) is 20.0 Å². The minimum absolute atomic E-state index is 0.00793. The summed E-state index contributed by atoms with van der Waals surface area (Å²) in [5, 5.41) is 2.60. The number of nitrogens with one attached hydrogen (secondary N) is 2. The van der Waals surface area contributed by atoms with Gasteiger partial charge < -0.3 is 10.1 Å². The summed E-state index contributed by atoms with van der Waals surface area (Å²) in [6.45, 7) is 0.116. The first-order valence-electron chi connectivity index (χ1n) is 10.6. The van der Waals surface area contributed by atoms with E-state index in [9.17, 15) is 17.6 Å². The Hall–Kier alpha value is -4.15. The van der Waals surface area contributed by atoms with Crippen LogP contribution in [-0.4, -0.2) is 37.4 Å². The molecule has 0 spiro atoms. The van der Waals surface area contributed by atoms with Crippen LogP contribution in [0, 0.1) is 5.82 Å². The van der Waals surface area contributed by atoms with Gasteiger partial charge in [-0.2, -0.15) is 0 Å². The van der Waals surface area contributed by atoms with E-state index in [0.29, 0.717) is 17.2 Å². The maximum atomic E-state index is 13.0. The molecule has 8 nitrogen and oxygen atoms in total. The molecule has 0 saturated heterocycles. The Labute approximate surface area is 201 Å². The van der Waals surface area contributed by atoms with Crippen molar-refractivity contribution in [3.63, 3.8) is 0 Å². The van der Waals surface area contributed by atoms with E-state index in [-0.39, 0.29) is 35.4 Å². The molecular formula is C25H21FN4O4S. The Morgan fingerprint density at radius 1 is 0.857 bits per heavy atom. The molecule has 0 saturated carbocycles. The van der Waals surface area contributed by atoms with Crippen molar-refractivity contribution in [2.24, 2.45) is 0 Å². The Bertz CT molecular complexity index is 1380. The van der Waals surface area contributed by atoms with Gasteiger partial charge in [0.25, 0.3) is 5.91 Å². The third-order valence-corrected chi connectivity index (χ3v) is 6.29. The van der Waals surface area contributed by atoms with Crippen molar-refractivity contribution in [3.8, 4) is 22.8 Å². The van der Waals surface area contributed by atoms with Crippen LogP contribution in [0.2, 0.25) is 0 Å². The van der Waals surface area contributed by atoms with Gasteiger partial charge in [-0.1, -0.05) is 6.07 Å². The Balaban J connectivity index is 1.31. The highest BCUT2D eigenvalue weighted by Gasteiger charge is 2.15. The van der Waals surface area contributed by atoms with Crippen LogP contribution in [-0.2, 0) is 10.0 Å². The highest BCUT2D eigenvalue weighted by atomic mass is 32.2. The predicted octanol–water partition coefficient (Wildman–Crippen LogP) is 3.78. The topological polar surface area (TPSA) is 110 Å². The second-order valence-electron chi connectivity index (χ2n) is 7.33. The summed E-state index contributed by atoms with van der Waals surface area (Å²) in [7, 11) is -3.79. The van der Waals surface area contributed by atoms with Gasteiger partial charge in [-0.05, 0) is 72.8 Å². The molecule has 1 amide bonds. The van der Waals surface area contributed by atoms with Gasteiger partial charge in [0, 0.05) is 31.0 Å². The van der Waals surface area contributed by atoms with Crippen LogP contribution in [0.5, 0.6) is 11.5 Å². The first-order chi connectivity index (χ1) is 16.9. The molecule has 0 aliphatic heterocycles. The molecule has 0 fully saturated rings. The molecule has 2 aromatic heterocycles. The zero-order valence-electron chi connectivity index (χ0n) is 18.4. The summed E-state index contributed by atoms with van der Waals surface area (Å²) in [6.07, 6.45) is 2.78. The maximum Gasteiger partial charge on any atom is 0.269 e. The van der Waals surface area contributed by atoms with E-state index in [0.717, 1.165) is 5.56 Å². The molecule has 2 N–H and O–H groups in total. The second kappa shape index (κ2) is 10.9. The first kappa shape index (κ1) is 24.0. The smallest absolute Gasteiger partial charge is 0.269 e. The largest absolute Gasteiger partial charge is 0.457 e. The van der Waals surface area contributed by atoms with Crippen LogP contribution < -0.4 is 14.8 Å². The van der Waals surface area contributed by atoms with Crippen molar-refractivity contribution in [2.45, 2.75) is 4.90 Å². The number of ether oxygens (including phenoxy) is 1. The van der Waals surface area contributed by atoms with Crippen LogP contribution >= 0.6 is 0 Å². The van der Waals surface area contributed by atoms with Crippen molar-refractivity contribution in [1.29, 1.82) is 0 Å². The van der Waals surface area contributed by atoms with Gasteiger partial charge in [0.15, 0.2) is 0 Å². The number of halogens is 1. The Kier molecular flexibility index (Phi) is 7.44. The van der Waals surface area contributed by atoms with Crippen LogP contribution in [0.25, 0.3) is 11.3 Å². The van der Waals surface area contributed by atoms with Crippen molar-refractivity contribution in [3.05, 3.63) is 103 Å². The van der Waals surface area contributed by atoms with Gasteiger partial charge in [-0.15, -0.1) is 0 Å². The third-order valence-electron chi connectivity index (χ3n) is 4.85. The molecule has 4 aromatic rings. The van der Waals surface area contributed by atoms with Crippen LogP contribution in [0.4, 0.5) is 4.39 Å². The molecule has 4 rings (SSSR count). The number of sulfonamides is 1. The molecule has 10 heteroatoms. The molecule has 35 heavy (non-hydrogen) atoms. The highest BCUT2D eigenvalue weighted by molar-refractivity contribution is 7.89. The number of hydrogen-bond donors (Lipinski definition) is 2. The predicted molar refractivity (Wildman–Crippen MR) is 128 cm³/mol. The second-order valence-corrected chi connectivity index (χ2v) is 9.10. The molecule has 178 valence electrons. The quantitative estimate of drug-likeness (QED) is 0.344. The van der Waals surface area contributed by atoms with Gasteiger partial charge in [0.2, 0.25) is 10.0 Å². The van der Waals surface area contributed by atoms with Crippen molar-refractivity contribution < 1.29 is 22.3 Å². The number of carbonyl (C=O) groups excluding carboxylic acids is 1. The summed E-state index contributed by atoms with van der Waals surface area (Å²) < 4.78 is 46.2. The lowest BCUT2D eigenvalue weighted by Crippen LogP contribution is -2.35. The van der Waals surface area contributed by atoms with Crippen LogP contribution in [0.15, 0.2) is 96.2 Å². The summed E-state index contributed by atoms with van der Waals surface area (Å²) >= 11 is 0. The van der Waals surface area contributed by atoms with E-state index in [1.165, 1.54) is 42.7 Å². The summed E-state index contributed by atoms with van der Waals surface area (Å²) in [4.78, 5) is 20.2. The van der Waals surface area contributed by atoms with Gasteiger partial charge in [-0.3, -0.25) is 14.8 Å². The summed E-state index contributed by atoms with van der Waals surface area (Å²) in [6, 6.07) is 20.8. The molecule has 0 aliphatic rings. The Morgan fingerprint density at radius 3 is 2.20 bits per heavy atom. The van der Waals surface area contributed by atoms with E-state index in [4.69, 9.17) is 4.74 Å². The average Bonchev–Trinajstić information content (AvgIpc) is 2.89. The van der Waals surface area contributed by atoms with E-state index in [1.54, 1.807) is 48.5 Å². The highest BCUT2D eigenvalue weighted by Crippen LogP contribution is 2.25. The minimum Gasteiger partial charge on any atom is -0.457 e. The molecule has 0 radical (unpaired) electrons. The summed E-state index contributed by atoms with van der Waals surface area (Å²) in [5.74, 6) is 0.353. The van der Waals surface area contributed by atoms with Gasteiger partial charge >= 0.3 is 0 Å². The lowest BCUT2D eigenvalue weighted by molar-refractivity contribution is 0.0949. The number of rotatable bonds is 9. The Morgan fingerprint density at radius 2 is 1.57 bits per heavy atom. The molecule has 2 aromatic carbocycles. The monoisotopic (exact) mass is 492 g/mol. The van der Waals surface area contributed by atoms with Crippen molar-refractivity contribution in [1.82, 2.24) is 20.0 Å². The van der Waals surface area contributed by atoms with Crippen LogP contribution in [0.3, 0.4) is 0 Å². The molecule has 0 atom stereocenters. The number of nitrogens with zero attached hydrogens (tertiary/aromatic N) is 2. The molecule has 0 aliphatic carbocycles. The maximum absolute atomic E-state index is 13.0. The number of carbonyl (C=O) groups is 1. The summed E-state index contributed by atoms with van der Waals surface area (Å²) in [5.41, 5.74) is 1.61. The van der Waals surface area contributed by atoms with E-state index >= 15 is 0 Å². The van der Waals surface area contributed by atoms with Gasteiger partial charge in [0.05, 0.1) is 5.69 Å². The van der Waals surface area contributed by atoms with E-state index < -0.39 is 10.0 Å². The lowest BCUT2D eigenvalue weighted by Gasteiger charge is -2.09. The normalized spacial score (nSPS) is 11.1. The zero-order valence-corrected chi connectivity index (χ0v) is 19.2. The lowest BCUT2D eigenvalue weighted by atomic mass is 10.1. The number of benzene rings is 2. The molecule has 0 bridgehead atoms. The fourth-order valence-corrected chi connectivity index (χ4v) is 4.05. The SMILES string of the molecule is O=C(NCCNS(=O)(=O)c1ccc(-c2ccc(Oc3ccc(F)cc3)cc2)nc1)c1ccccn1. The number of pyridine rings is 2. The van der Waals surface area contributed by atoms with Gasteiger partial charge in [0.1, 0.15) is 27.9 Å². The average molecular weight is 493 g/mol. The van der Waals surface area contributed by atoms with Crippen molar-refractivity contribution in [2.75, 3.05) is 13.1 Å².